The highest BCUT2D eigenvalue weighted by atomic mass is 19.3. The number of hydrogen-bond acceptors (Lipinski definition) is 3. The Kier molecular flexibility index (Phi) is 4.52. The van der Waals surface area contributed by atoms with E-state index in [4.69, 9.17) is 11.5 Å². The highest BCUT2D eigenvalue weighted by Crippen LogP contribution is 2.20. The molecule has 0 saturated heterocycles. The van der Waals surface area contributed by atoms with Crippen molar-refractivity contribution in [2.24, 2.45) is 16.5 Å². The van der Waals surface area contributed by atoms with E-state index in [1.807, 2.05) is 0 Å². The monoisotopic (exact) mass is 217 g/mol. The number of alkyl halides is 2. The van der Waals surface area contributed by atoms with Crippen LogP contribution in [0, 0.1) is 0 Å². The zero-order valence-electron chi connectivity index (χ0n) is 8.63. The molecule has 0 spiro atoms. The minimum atomic E-state index is -2.71. The number of halogens is 2. The molecule has 0 aromatic rings. The van der Waals surface area contributed by atoms with Crippen molar-refractivity contribution < 1.29 is 8.78 Å². The molecule has 0 aromatic heterocycles. The first-order valence-corrected chi connectivity index (χ1v) is 5.17. The molecule has 86 valence electrons. The molecule has 0 radical (unpaired) electrons. The Labute approximate surface area is 88.2 Å². The molecule has 0 bridgehead atoms. The maximum atomic E-state index is 12.1. The van der Waals surface area contributed by atoms with Gasteiger partial charge in [0.15, 0.2) is 0 Å². The predicted octanol–water partition coefficient (Wildman–Crippen LogP) is 1.78. The first-order chi connectivity index (χ1) is 7.11. The zero-order valence-corrected chi connectivity index (χ0v) is 8.63. The Morgan fingerprint density at radius 2 is 1.80 bits per heavy atom. The SMILES string of the molecule is N/C(C=NC1CCCCC1)=C(/N)C(F)F. The molecule has 0 aromatic carbocycles. The lowest BCUT2D eigenvalue weighted by atomic mass is 9.96. The lowest BCUT2D eigenvalue weighted by Gasteiger charge is -2.17. The van der Waals surface area contributed by atoms with E-state index in [1.165, 1.54) is 12.6 Å². The van der Waals surface area contributed by atoms with E-state index in [0.717, 1.165) is 25.7 Å². The minimum Gasteiger partial charge on any atom is -0.396 e. The second kappa shape index (κ2) is 5.68. The van der Waals surface area contributed by atoms with Crippen LogP contribution in [0.4, 0.5) is 8.78 Å². The maximum Gasteiger partial charge on any atom is 0.279 e. The van der Waals surface area contributed by atoms with Crippen LogP contribution in [0.2, 0.25) is 0 Å². The zero-order chi connectivity index (χ0) is 11.3. The van der Waals surface area contributed by atoms with E-state index in [1.54, 1.807) is 0 Å². The molecule has 0 atom stereocenters. The van der Waals surface area contributed by atoms with Crippen molar-refractivity contribution in [3.8, 4) is 0 Å². The average Bonchev–Trinajstić information content (AvgIpc) is 2.26. The number of aliphatic imine (C=N–C) groups is 1. The van der Waals surface area contributed by atoms with Crippen LogP contribution >= 0.6 is 0 Å². The van der Waals surface area contributed by atoms with Gasteiger partial charge >= 0.3 is 0 Å². The van der Waals surface area contributed by atoms with Crippen molar-refractivity contribution in [3.05, 3.63) is 11.4 Å². The smallest absolute Gasteiger partial charge is 0.279 e. The molecule has 3 nitrogen and oxygen atoms in total. The van der Waals surface area contributed by atoms with E-state index < -0.39 is 12.1 Å². The summed E-state index contributed by atoms with van der Waals surface area (Å²) in [5.74, 6) is 0. The third-order valence-corrected chi connectivity index (χ3v) is 2.57. The van der Waals surface area contributed by atoms with Crippen molar-refractivity contribution in [1.82, 2.24) is 0 Å². The number of nitrogens with zero attached hydrogens (tertiary/aromatic N) is 1. The Balaban J connectivity index is 2.52. The molecule has 1 fully saturated rings. The third-order valence-electron chi connectivity index (χ3n) is 2.57. The third kappa shape index (κ3) is 3.85. The van der Waals surface area contributed by atoms with Gasteiger partial charge in [-0.1, -0.05) is 19.3 Å². The summed E-state index contributed by atoms with van der Waals surface area (Å²) in [6.07, 6.45) is 4.12. The number of rotatable bonds is 3. The van der Waals surface area contributed by atoms with Gasteiger partial charge in [0, 0.05) is 6.21 Å². The molecule has 0 aliphatic heterocycles. The second-order valence-electron chi connectivity index (χ2n) is 3.78. The van der Waals surface area contributed by atoms with Gasteiger partial charge < -0.3 is 11.5 Å². The fraction of sp³-hybridized carbons (Fsp3) is 0.700. The van der Waals surface area contributed by atoms with Crippen molar-refractivity contribution in [3.63, 3.8) is 0 Å². The predicted molar refractivity (Wildman–Crippen MR) is 56.8 cm³/mol. The maximum absolute atomic E-state index is 12.1. The number of allylic oxidation sites excluding steroid dienone is 2. The molecule has 0 heterocycles. The summed E-state index contributed by atoms with van der Waals surface area (Å²) in [4.78, 5) is 4.17. The Bertz CT molecular complexity index is 255. The molecule has 15 heavy (non-hydrogen) atoms. The first-order valence-electron chi connectivity index (χ1n) is 5.17. The molecule has 0 unspecified atom stereocenters. The van der Waals surface area contributed by atoms with Crippen LogP contribution in [0.5, 0.6) is 0 Å². The Morgan fingerprint density at radius 3 is 2.33 bits per heavy atom. The van der Waals surface area contributed by atoms with E-state index in [2.05, 4.69) is 4.99 Å². The first kappa shape index (κ1) is 11.9. The molecule has 4 N–H and O–H groups in total. The molecule has 1 rings (SSSR count). The van der Waals surface area contributed by atoms with Crippen LogP contribution in [0.25, 0.3) is 0 Å². The summed E-state index contributed by atoms with van der Waals surface area (Å²) in [6.45, 7) is 0. The normalized spacial score (nSPS) is 21.0. The summed E-state index contributed by atoms with van der Waals surface area (Å²) in [7, 11) is 0. The van der Waals surface area contributed by atoms with Crippen molar-refractivity contribution >= 4 is 6.21 Å². The van der Waals surface area contributed by atoms with Crippen LogP contribution in [0.1, 0.15) is 32.1 Å². The Hall–Kier alpha value is -1.13. The van der Waals surface area contributed by atoms with Gasteiger partial charge in [0.05, 0.1) is 17.4 Å². The standard InChI is InChI=1S/C10H17F2N3/c11-10(12)9(14)8(13)6-15-7-4-2-1-3-5-7/h6-7,10H,1-5,13-14H2/b9-8+,15-6?. The number of nitrogens with two attached hydrogens (primary N) is 2. The van der Waals surface area contributed by atoms with Crippen LogP contribution < -0.4 is 11.5 Å². The second-order valence-corrected chi connectivity index (χ2v) is 3.78. The van der Waals surface area contributed by atoms with Gasteiger partial charge in [-0.05, 0) is 12.8 Å². The van der Waals surface area contributed by atoms with Crippen LogP contribution in [-0.2, 0) is 0 Å². The minimum absolute atomic E-state index is 0.115. The van der Waals surface area contributed by atoms with Gasteiger partial charge in [0.25, 0.3) is 6.43 Å². The summed E-state index contributed by atoms with van der Waals surface area (Å²) in [6, 6.07) is 0.225. The van der Waals surface area contributed by atoms with E-state index >= 15 is 0 Å². The van der Waals surface area contributed by atoms with Crippen LogP contribution in [-0.4, -0.2) is 18.7 Å². The molecular weight excluding hydrogens is 200 g/mol. The summed E-state index contributed by atoms with van der Waals surface area (Å²) < 4.78 is 24.2. The molecule has 5 heteroatoms. The van der Waals surface area contributed by atoms with Gasteiger partial charge in [0.1, 0.15) is 0 Å². The molecule has 1 aliphatic carbocycles. The molecule has 1 aliphatic rings. The highest BCUT2D eigenvalue weighted by molar-refractivity contribution is 5.78. The summed E-state index contributed by atoms with van der Waals surface area (Å²) >= 11 is 0. The fourth-order valence-electron chi connectivity index (χ4n) is 1.62. The van der Waals surface area contributed by atoms with Crippen LogP contribution in [0.15, 0.2) is 16.4 Å². The number of hydrogen-bond donors (Lipinski definition) is 2. The van der Waals surface area contributed by atoms with Gasteiger partial charge in [-0.25, -0.2) is 8.78 Å². The van der Waals surface area contributed by atoms with Crippen molar-refractivity contribution in [2.45, 2.75) is 44.6 Å². The largest absolute Gasteiger partial charge is 0.396 e. The summed E-state index contributed by atoms with van der Waals surface area (Å²) in [5, 5.41) is 0. The highest BCUT2D eigenvalue weighted by Gasteiger charge is 2.12. The van der Waals surface area contributed by atoms with Gasteiger partial charge in [-0.2, -0.15) is 0 Å². The van der Waals surface area contributed by atoms with Crippen molar-refractivity contribution in [1.29, 1.82) is 0 Å². The van der Waals surface area contributed by atoms with E-state index in [0.29, 0.717) is 0 Å². The van der Waals surface area contributed by atoms with E-state index in [9.17, 15) is 8.78 Å². The van der Waals surface area contributed by atoms with Crippen molar-refractivity contribution in [2.75, 3.05) is 0 Å². The van der Waals surface area contributed by atoms with E-state index in [-0.39, 0.29) is 11.7 Å². The average molecular weight is 217 g/mol. The fourth-order valence-corrected chi connectivity index (χ4v) is 1.62. The van der Waals surface area contributed by atoms with Crippen LogP contribution in [0.3, 0.4) is 0 Å². The molecule has 0 amide bonds. The molecular formula is C10H17F2N3. The van der Waals surface area contributed by atoms with Gasteiger partial charge in [-0.3, -0.25) is 4.99 Å². The topological polar surface area (TPSA) is 64.4 Å². The van der Waals surface area contributed by atoms with Gasteiger partial charge in [-0.15, -0.1) is 0 Å². The molecule has 1 saturated carbocycles. The van der Waals surface area contributed by atoms with Gasteiger partial charge in [0.2, 0.25) is 0 Å². The summed E-state index contributed by atoms with van der Waals surface area (Å²) in [5.41, 5.74) is 9.75. The lowest BCUT2D eigenvalue weighted by Crippen LogP contribution is -2.18. The Morgan fingerprint density at radius 1 is 1.20 bits per heavy atom. The lowest BCUT2D eigenvalue weighted by molar-refractivity contribution is 0.187. The quantitative estimate of drug-likeness (QED) is 0.708.